The van der Waals surface area contributed by atoms with Crippen LogP contribution in [-0.2, 0) is 11.2 Å². The molecule has 5 heteroatoms. The zero-order valence-electron chi connectivity index (χ0n) is 13.6. The van der Waals surface area contributed by atoms with E-state index in [1.54, 1.807) is 0 Å². The summed E-state index contributed by atoms with van der Waals surface area (Å²) in [7, 11) is 0. The lowest BCUT2D eigenvalue weighted by Crippen LogP contribution is -2.39. The second-order valence-corrected chi connectivity index (χ2v) is 6.77. The van der Waals surface area contributed by atoms with Gasteiger partial charge in [0.05, 0.1) is 5.33 Å². The minimum absolute atomic E-state index is 0.00702. The Balaban J connectivity index is 2.62. The number of carbonyl (C=O) groups is 2. The van der Waals surface area contributed by atoms with Crippen molar-refractivity contribution >= 4 is 27.8 Å². The molecule has 22 heavy (non-hydrogen) atoms. The average molecular weight is 370 g/mol. The molecule has 1 atom stereocenters. The molecule has 0 aromatic heterocycles. The van der Waals surface area contributed by atoms with Gasteiger partial charge in [-0.15, -0.1) is 0 Å². The van der Waals surface area contributed by atoms with Gasteiger partial charge in [0.15, 0.2) is 5.78 Å². The molecule has 0 spiro atoms. The largest absolute Gasteiger partial charge is 0.444 e. The molecule has 1 N–H and O–H groups in total. The van der Waals surface area contributed by atoms with E-state index in [0.29, 0.717) is 17.3 Å². The summed E-state index contributed by atoms with van der Waals surface area (Å²) in [6, 6.07) is 7.50. The lowest BCUT2D eigenvalue weighted by atomic mass is 10.0. The Hall–Kier alpha value is -1.36. The molecular weight excluding hydrogens is 346 g/mol. The second-order valence-electron chi connectivity index (χ2n) is 6.21. The van der Waals surface area contributed by atoms with Crippen LogP contribution in [0.15, 0.2) is 24.3 Å². The van der Waals surface area contributed by atoms with Crippen molar-refractivity contribution in [1.29, 1.82) is 0 Å². The summed E-state index contributed by atoms with van der Waals surface area (Å²) in [6.07, 6.45) is 1.12. The molecule has 0 heterocycles. The molecule has 0 bridgehead atoms. The van der Waals surface area contributed by atoms with Crippen molar-refractivity contribution in [3.05, 3.63) is 35.4 Å². The molecule has 1 rings (SSSR count). The summed E-state index contributed by atoms with van der Waals surface area (Å²) in [4.78, 5) is 23.4. The molecule has 0 saturated carbocycles. The molecule has 122 valence electrons. The van der Waals surface area contributed by atoms with Crippen LogP contribution in [0, 0.1) is 0 Å². The molecule has 0 aliphatic carbocycles. The summed E-state index contributed by atoms with van der Waals surface area (Å²) in [5.74, 6) is 0.0606. The Morgan fingerprint density at radius 2 is 1.82 bits per heavy atom. The van der Waals surface area contributed by atoms with Crippen LogP contribution in [0.1, 0.15) is 50.0 Å². The number of Topliss-reactive ketones (excluding diaryl/α,β-unsaturated/α-hetero) is 1. The zero-order valence-corrected chi connectivity index (χ0v) is 15.2. The maximum atomic E-state index is 11.8. The molecule has 0 aliphatic rings. The van der Waals surface area contributed by atoms with Crippen molar-refractivity contribution in [2.24, 2.45) is 0 Å². The van der Waals surface area contributed by atoms with E-state index in [9.17, 15) is 9.59 Å². The van der Waals surface area contributed by atoms with E-state index in [1.807, 2.05) is 52.0 Å². The highest BCUT2D eigenvalue weighted by Crippen LogP contribution is 2.11. The highest BCUT2D eigenvalue weighted by molar-refractivity contribution is 9.09. The zero-order chi connectivity index (χ0) is 16.8. The minimum atomic E-state index is -0.500. The Morgan fingerprint density at radius 3 is 2.27 bits per heavy atom. The van der Waals surface area contributed by atoms with Gasteiger partial charge in [-0.2, -0.15) is 0 Å². The standard InChI is InChI=1S/C17H24BrNO3/c1-5-14(19-16(21)22-17(2,3)4)10-12-6-8-13(9-7-12)15(20)11-18/h6-9,14H,5,10-11H2,1-4H3,(H,19,21)/t14-/m1/s1. The highest BCUT2D eigenvalue weighted by Gasteiger charge is 2.19. The van der Waals surface area contributed by atoms with Crippen molar-refractivity contribution < 1.29 is 14.3 Å². The molecule has 0 radical (unpaired) electrons. The number of benzene rings is 1. The SMILES string of the molecule is CC[C@H](Cc1ccc(C(=O)CBr)cc1)NC(=O)OC(C)(C)C. The quantitative estimate of drug-likeness (QED) is 0.606. The van der Waals surface area contributed by atoms with E-state index in [0.717, 1.165) is 12.0 Å². The number of amides is 1. The summed E-state index contributed by atoms with van der Waals surface area (Å²) in [5, 5.41) is 3.21. The van der Waals surface area contributed by atoms with E-state index in [-0.39, 0.29) is 11.8 Å². The van der Waals surface area contributed by atoms with Gasteiger partial charge in [-0.1, -0.05) is 47.1 Å². The topological polar surface area (TPSA) is 55.4 Å². The Labute approximate surface area is 140 Å². The molecule has 0 fully saturated rings. The first-order chi connectivity index (χ1) is 10.2. The smallest absolute Gasteiger partial charge is 0.407 e. The maximum Gasteiger partial charge on any atom is 0.407 e. The van der Waals surface area contributed by atoms with Gasteiger partial charge in [0.2, 0.25) is 0 Å². The van der Waals surface area contributed by atoms with Gasteiger partial charge in [0.1, 0.15) is 5.60 Å². The van der Waals surface area contributed by atoms with Crippen LogP contribution in [0.5, 0.6) is 0 Å². The fourth-order valence-electron chi connectivity index (χ4n) is 1.96. The first-order valence-electron chi connectivity index (χ1n) is 7.42. The van der Waals surface area contributed by atoms with Crippen molar-refractivity contribution in [3.63, 3.8) is 0 Å². The molecule has 0 saturated heterocycles. The van der Waals surface area contributed by atoms with Gasteiger partial charge >= 0.3 is 6.09 Å². The van der Waals surface area contributed by atoms with Crippen molar-refractivity contribution in [2.75, 3.05) is 5.33 Å². The fourth-order valence-corrected chi connectivity index (χ4v) is 2.28. The Morgan fingerprint density at radius 1 is 1.23 bits per heavy atom. The number of hydrogen-bond acceptors (Lipinski definition) is 3. The van der Waals surface area contributed by atoms with E-state index in [1.165, 1.54) is 0 Å². The summed E-state index contributed by atoms with van der Waals surface area (Å²) in [5.41, 5.74) is 1.27. The van der Waals surface area contributed by atoms with Gasteiger partial charge in [-0.25, -0.2) is 4.79 Å². The van der Waals surface area contributed by atoms with Gasteiger partial charge in [-0.05, 0) is 39.2 Å². The molecule has 1 aromatic rings. The monoisotopic (exact) mass is 369 g/mol. The van der Waals surface area contributed by atoms with Crippen molar-refractivity contribution in [2.45, 2.75) is 52.2 Å². The molecule has 0 aliphatic heterocycles. The van der Waals surface area contributed by atoms with Crippen LogP contribution in [-0.4, -0.2) is 28.8 Å². The molecule has 1 amide bonds. The number of rotatable bonds is 6. The van der Waals surface area contributed by atoms with Crippen LogP contribution >= 0.6 is 15.9 Å². The average Bonchev–Trinajstić information content (AvgIpc) is 2.44. The maximum absolute atomic E-state index is 11.8. The number of hydrogen-bond donors (Lipinski definition) is 1. The third-order valence-electron chi connectivity index (χ3n) is 3.09. The Bertz CT molecular complexity index is 506. The highest BCUT2D eigenvalue weighted by atomic mass is 79.9. The third-order valence-corrected chi connectivity index (χ3v) is 3.60. The predicted octanol–water partition coefficient (Wildman–Crippen LogP) is 4.11. The minimum Gasteiger partial charge on any atom is -0.444 e. The number of carbonyl (C=O) groups excluding carboxylic acids is 2. The lowest BCUT2D eigenvalue weighted by Gasteiger charge is -2.23. The molecule has 4 nitrogen and oxygen atoms in total. The Kier molecular flexibility index (Phi) is 7.07. The van der Waals surface area contributed by atoms with Gasteiger partial charge in [0, 0.05) is 11.6 Å². The van der Waals surface area contributed by atoms with Crippen molar-refractivity contribution in [3.8, 4) is 0 Å². The molecule has 1 aromatic carbocycles. The first-order valence-corrected chi connectivity index (χ1v) is 8.55. The first kappa shape index (κ1) is 18.7. The number of nitrogens with one attached hydrogen (secondary N) is 1. The fraction of sp³-hybridized carbons (Fsp3) is 0.529. The number of ketones is 1. The third kappa shape index (κ3) is 6.60. The van der Waals surface area contributed by atoms with Crippen LogP contribution in [0.4, 0.5) is 4.79 Å². The van der Waals surface area contributed by atoms with Crippen LogP contribution in [0.2, 0.25) is 0 Å². The van der Waals surface area contributed by atoms with E-state index >= 15 is 0 Å². The number of alkyl halides is 1. The van der Waals surface area contributed by atoms with E-state index in [4.69, 9.17) is 4.74 Å². The summed E-state index contributed by atoms with van der Waals surface area (Å²) >= 11 is 3.16. The normalized spacial score (nSPS) is 12.6. The number of ether oxygens (including phenoxy) is 1. The number of alkyl carbamates (subject to hydrolysis) is 1. The van der Waals surface area contributed by atoms with E-state index in [2.05, 4.69) is 21.2 Å². The predicted molar refractivity (Wildman–Crippen MR) is 91.7 cm³/mol. The second kappa shape index (κ2) is 8.32. The van der Waals surface area contributed by atoms with Crippen LogP contribution in [0.25, 0.3) is 0 Å². The summed E-state index contributed by atoms with van der Waals surface area (Å²) in [6.45, 7) is 7.54. The van der Waals surface area contributed by atoms with Gasteiger partial charge in [-0.3, -0.25) is 4.79 Å². The van der Waals surface area contributed by atoms with Crippen LogP contribution < -0.4 is 5.32 Å². The number of halogens is 1. The molecule has 0 unspecified atom stereocenters. The molecular formula is C17H24BrNO3. The van der Waals surface area contributed by atoms with Gasteiger partial charge in [0.25, 0.3) is 0 Å². The lowest BCUT2D eigenvalue weighted by molar-refractivity contribution is 0.0503. The van der Waals surface area contributed by atoms with Gasteiger partial charge < -0.3 is 10.1 Å². The van der Waals surface area contributed by atoms with Crippen molar-refractivity contribution in [1.82, 2.24) is 5.32 Å². The summed E-state index contributed by atoms with van der Waals surface area (Å²) < 4.78 is 5.27. The van der Waals surface area contributed by atoms with E-state index < -0.39 is 11.7 Å². The van der Waals surface area contributed by atoms with Crippen LogP contribution in [0.3, 0.4) is 0 Å².